The van der Waals surface area contributed by atoms with Gasteiger partial charge in [-0.2, -0.15) is 14.9 Å². The highest BCUT2D eigenvalue weighted by molar-refractivity contribution is 6.02. The summed E-state index contributed by atoms with van der Waals surface area (Å²) in [5.74, 6) is -1.55. The number of rotatable bonds is 7. The summed E-state index contributed by atoms with van der Waals surface area (Å²) in [4.78, 5) is 13.3. The molecule has 0 spiro atoms. The predicted octanol–water partition coefficient (Wildman–Crippen LogP) is 4.11. The van der Waals surface area contributed by atoms with Crippen LogP contribution in [0.3, 0.4) is 0 Å². The maximum absolute atomic E-state index is 14.0. The van der Waals surface area contributed by atoms with E-state index in [2.05, 4.69) is 16.5 Å². The fourth-order valence-electron chi connectivity index (χ4n) is 3.86. The van der Waals surface area contributed by atoms with E-state index in [1.54, 1.807) is 43.3 Å². The number of benzene rings is 2. The van der Waals surface area contributed by atoms with Crippen molar-refractivity contribution in [2.24, 2.45) is 5.73 Å². The van der Waals surface area contributed by atoms with Gasteiger partial charge in [-0.3, -0.25) is 4.79 Å². The van der Waals surface area contributed by atoms with Gasteiger partial charge in [-0.05, 0) is 55.3 Å². The Bertz CT molecular complexity index is 1420. The van der Waals surface area contributed by atoms with Gasteiger partial charge in [0.1, 0.15) is 18.2 Å². The number of amides is 1. The smallest absolute Gasteiger partial charge is 0.255 e. The zero-order valence-electron chi connectivity index (χ0n) is 19.2. The SMILES string of the molecule is Cc1cc(OCc2c(F)cccc2F)n2nc(C)c(C(=O)NC(CN)c3ccc(C#N)cc3)c2c1. The van der Waals surface area contributed by atoms with E-state index in [0.29, 0.717) is 22.3 Å². The summed E-state index contributed by atoms with van der Waals surface area (Å²) in [6, 6.07) is 15.5. The summed E-state index contributed by atoms with van der Waals surface area (Å²) in [6.45, 7) is 3.32. The summed E-state index contributed by atoms with van der Waals surface area (Å²) in [6.07, 6.45) is 0. The van der Waals surface area contributed by atoms with Crippen LogP contribution < -0.4 is 15.8 Å². The molecular weight excluding hydrogens is 452 g/mol. The van der Waals surface area contributed by atoms with Gasteiger partial charge in [-0.25, -0.2) is 8.78 Å². The van der Waals surface area contributed by atoms with E-state index in [-0.39, 0.29) is 30.5 Å². The molecule has 2 aromatic heterocycles. The number of carbonyl (C=O) groups excluding carboxylic acids is 1. The number of nitriles is 1. The predicted molar refractivity (Wildman–Crippen MR) is 126 cm³/mol. The summed E-state index contributed by atoms with van der Waals surface area (Å²) < 4.78 is 35.2. The van der Waals surface area contributed by atoms with E-state index in [1.165, 1.54) is 10.6 Å². The first-order chi connectivity index (χ1) is 16.8. The van der Waals surface area contributed by atoms with Gasteiger partial charge in [-0.15, -0.1) is 0 Å². The van der Waals surface area contributed by atoms with Crippen molar-refractivity contribution in [2.75, 3.05) is 6.54 Å². The Kier molecular flexibility index (Phi) is 6.75. The van der Waals surface area contributed by atoms with Gasteiger partial charge in [0.25, 0.3) is 5.91 Å². The van der Waals surface area contributed by atoms with Crippen molar-refractivity contribution in [1.29, 1.82) is 5.26 Å². The van der Waals surface area contributed by atoms with Gasteiger partial charge < -0.3 is 15.8 Å². The fourth-order valence-corrected chi connectivity index (χ4v) is 3.86. The number of hydrogen-bond acceptors (Lipinski definition) is 5. The van der Waals surface area contributed by atoms with Crippen molar-refractivity contribution in [1.82, 2.24) is 14.9 Å². The molecule has 0 aliphatic carbocycles. The topological polar surface area (TPSA) is 105 Å². The molecule has 0 saturated carbocycles. The highest BCUT2D eigenvalue weighted by Gasteiger charge is 2.23. The lowest BCUT2D eigenvalue weighted by Gasteiger charge is -2.17. The van der Waals surface area contributed by atoms with Crippen molar-refractivity contribution >= 4 is 11.4 Å². The van der Waals surface area contributed by atoms with Crippen molar-refractivity contribution in [3.05, 3.63) is 99.7 Å². The zero-order chi connectivity index (χ0) is 25.1. The van der Waals surface area contributed by atoms with E-state index < -0.39 is 17.7 Å². The minimum atomic E-state index is -0.707. The van der Waals surface area contributed by atoms with E-state index in [9.17, 15) is 13.6 Å². The summed E-state index contributed by atoms with van der Waals surface area (Å²) in [5.41, 5.74) is 9.04. The molecule has 0 aliphatic heterocycles. The fraction of sp³-hybridized carbons (Fsp3) is 0.192. The summed E-state index contributed by atoms with van der Waals surface area (Å²) >= 11 is 0. The lowest BCUT2D eigenvalue weighted by Crippen LogP contribution is -2.33. The molecule has 0 bridgehead atoms. The van der Waals surface area contributed by atoms with Crippen LogP contribution in [0.4, 0.5) is 8.78 Å². The van der Waals surface area contributed by atoms with Gasteiger partial charge >= 0.3 is 0 Å². The largest absolute Gasteiger partial charge is 0.473 e. The van der Waals surface area contributed by atoms with Crippen molar-refractivity contribution in [2.45, 2.75) is 26.5 Å². The van der Waals surface area contributed by atoms with Crippen LogP contribution in [-0.4, -0.2) is 22.1 Å². The van der Waals surface area contributed by atoms with Crippen LogP contribution in [0.2, 0.25) is 0 Å². The molecule has 0 saturated heterocycles. The highest BCUT2D eigenvalue weighted by atomic mass is 19.1. The van der Waals surface area contributed by atoms with Gasteiger partial charge in [0.05, 0.1) is 40.0 Å². The van der Waals surface area contributed by atoms with Crippen molar-refractivity contribution in [3.8, 4) is 11.9 Å². The Balaban J connectivity index is 1.64. The van der Waals surface area contributed by atoms with Crippen LogP contribution in [0.25, 0.3) is 5.52 Å². The molecule has 0 aliphatic rings. The van der Waals surface area contributed by atoms with E-state index in [1.807, 2.05) is 6.92 Å². The molecule has 0 fully saturated rings. The second-order valence-electron chi connectivity index (χ2n) is 8.11. The summed E-state index contributed by atoms with van der Waals surface area (Å²) in [7, 11) is 0. The number of aryl methyl sites for hydroxylation is 2. The second-order valence-corrected chi connectivity index (χ2v) is 8.11. The summed E-state index contributed by atoms with van der Waals surface area (Å²) in [5, 5.41) is 16.4. The lowest BCUT2D eigenvalue weighted by atomic mass is 10.0. The molecule has 1 unspecified atom stereocenters. The monoisotopic (exact) mass is 475 g/mol. The number of fused-ring (bicyclic) bond motifs is 1. The number of pyridine rings is 1. The van der Waals surface area contributed by atoms with Gasteiger partial charge in [-0.1, -0.05) is 18.2 Å². The number of aromatic nitrogens is 2. The molecule has 7 nitrogen and oxygen atoms in total. The first kappa shape index (κ1) is 23.9. The van der Waals surface area contributed by atoms with Crippen LogP contribution in [0.15, 0.2) is 54.6 Å². The minimum Gasteiger partial charge on any atom is -0.473 e. The third kappa shape index (κ3) is 4.83. The first-order valence-electron chi connectivity index (χ1n) is 10.9. The third-order valence-electron chi connectivity index (χ3n) is 5.66. The number of hydrogen-bond donors (Lipinski definition) is 2. The maximum atomic E-state index is 14.0. The number of carbonyl (C=O) groups is 1. The van der Waals surface area contributed by atoms with Gasteiger partial charge in [0.2, 0.25) is 5.88 Å². The maximum Gasteiger partial charge on any atom is 0.255 e. The molecule has 178 valence electrons. The van der Waals surface area contributed by atoms with E-state index >= 15 is 0 Å². The van der Waals surface area contributed by atoms with E-state index in [4.69, 9.17) is 15.7 Å². The van der Waals surface area contributed by atoms with Crippen LogP contribution in [0.5, 0.6) is 5.88 Å². The van der Waals surface area contributed by atoms with Crippen LogP contribution in [0, 0.1) is 36.8 Å². The molecular formula is C26H23F2N5O2. The minimum absolute atomic E-state index is 0.150. The standard InChI is InChI=1S/C26H23F2N5O2/c1-15-10-23-25(26(34)31-22(13-30)18-8-6-17(12-29)7-9-18)16(2)32-33(23)24(11-15)35-14-19-20(27)4-3-5-21(19)28/h3-11,22H,13-14,30H2,1-2H3,(H,31,34). The highest BCUT2D eigenvalue weighted by Crippen LogP contribution is 2.25. The number of halogens is 2. The average molecular weight is 475 g/mol. The third-order valence-corrected chi connectivity index (χ3v) is 5.66. The Morgan fingerprint density at radius 2 is 1.86 bits per heavy atom. The molecule has 0 radical (unpaired) electrons. The number of nitrogens with two attached hydrogens (primary N) is 1. The Hall–Kier alpha value is -4.29. The van der Waals surface area contributed by atoms with Crippen LogP contribution >= 0.6 is 0 Å². The molecule has 1 amide bonds. The molecule has 4 aromatic rings. The first-order valence-corrected chi connectivity index (χ1v) is 10.9. The van der Waals surface area contributed by atoms with Gasteiger partial charge in [0, 0.05) is 12.6 Å². The quantitative estimate of drug-likeness (QED) is 0.419. The van der Waals surface area contributed by atoms with Crippen molar-refractivity contribution < 1.29 is 18.3 Å². The number of ether oxygens (including phenoxy) is 1. The molecule has 4 rings (SSSR count). The number of nitrogens with one attached hydrogen (secondary N) is 1. The molecule has 2 aromatic carbocycles. The molecule has 3 N–H and O–H groups in total. The Morgan fingerprint density at radius 1 is 1.17 bits per heavy atom. The molecule has 9 heteroatoms. The second kappa shape index (κ2) is 9.91. The molecule has 35 heavy (non-hydrogen) atoms. The Morgan fingerprint density at radius 3 is 2.49 bits per heavy atom. The zero-order valence-corrected chi connectivity index (χ0v) is 19.2. The molecule has 1 atom stereocenters. The van der Waals surface area contributed by atoms with Crippen LogP contribution in [-0.2, 0) is 6.61 Å². The average Bonchev–Trinajstić information content (AvgIpc) is 3.17. The van der Waals surface area contributed by atoms with Crippen LogP contribution in [0.1, 0.15) is 44.3 Å². The normalized spacial score (nSPS) is 11.8. The van der Waals surface area contributed by atoms with Crippen molar-refractivity contribution in [3.63, 3.8) is 0 Å². The number of nitrogens with zero attached hydrogens (tertiary/aromatic N) is 3. The van der Waals surface area contributed by atoms with E-state index in [0.717, 1.165) is 23.3 Å². The lowest BCUT2D eigenvalue weighted by molar-refractivity contribution is 0.0939. The Labute approximate surface area is 200 Å². The molecule has 2 heterocycles. The van der Waals surface area contributed by atoms with Gasteiger partial charge in [0.15, 0.2) is 0 Å².